The van der Waals surface area contributed by atoms with Crippen molar-refractivity contribution in [3.8, 4) is 0 Å². The average molecular weight is 184 g/mol. The van der Waals surface area contributed by atoms with Gasteiger partial charge in [-0.3, -0.25) is 4.79 Å². The molecule has 0 unspecified atom stereocenters. The molecular formula is C12H24O. The summed E-state index contributed by atoms with van der Waals surface area (Å²) >= 11 is 0. The summed E-state index contributed by atoms with van der Waals surface area (Å²) in [4.78, 5) is 11.7. The van der Waals surface area contributed by atoms with Gasteiger partial charge in [-0.05, 0) is 18.3 Å². The molecule has 0 bridgehead atoms. The number of Topliss-reactive ketones (excluding diaryl/α,β-unsaturated/α-hetero) is 1. The molecule has 0 amide bonds. The van der Waals surface area contributed by atoms with Gasteiger partial charge in [0.1, 0.15) is 5.78 Å². The van der Waals surface area contributed by atoms with Crippen LogP contribution in [0.25, 0.3) is 0 Å². The lowest BCUT2D eigenvalue weighted by atomic mass is 9.73. The van der Waals surface area contributed by atoms with Crippen molar-refractivity contribution in [2.24, 2.45) is 10.8 Å². The van der Waals surface area contributed by atoms with Crippen molar-refractivity contribution in [2.45, 2.75) is 60.8 Å². The highest BCUT2D eigenvalue weighted by Crippen LogP contribution is 2.34. The fraction of sp³-hybridized carbons (Fsp3) is 0.917. The van der Waals surface area contributed by atoms with E-state index in [1.165, 1.54) is 0 Å². The quantitative estimate of drug-likeness (QED) is 0.649. The van der Waals surface area contributed by atoms with Crippen molar-refractivity contribution in [1.29, 1.82) is 0 Å². The van der Waals surface area contributed by atoms with Crippen LogP contribution in [0.5, 0.6) is 0 Å². The first-order chi connectivity index (χ1) is 5.69. The van der Waals surface area contributed by atoms with E-state index in [4.69, 9.17) is 0 Å². The summed E-state index contributed by atoms with van der Waals surface area (Å²) in [6, 6.07) is 0. The maximum atomic E-state index is 11.7. The Hall–Kier alpha value is -0.330. The van der Waals surface area contributed by atoms with E-state index in [2.05, 4.69) is 41.5 Å². The lowest BCUT2D eigenvalue weighted by Crippen LogP contribution is -2.29. The monoisotopic (exact) mass is 184 g/mol. The van der Waals surface area contributed by atoms with Crippen LogP contribution in [0, 0.1) is 10.8 Å². The smallest absolute Gasteiger partial charge is 0.138 e. The molecule has 0 radical (unpaired) electrons. The number of rotatable bonds is 4. The summed E-state index contributed by atoms with van der Waals surface area (Å²) < 4.78 is 0. The Kier molecular flexibility index (Phi) is 4.15. The predicted molar refractivity (Wildman–Crippen MR) is 57.8 cm³/mol. The molecule has 0 aromatic rings. The Balaban J connectivity index is 4.30. The summed E-state index contributed by atoms with van der Waals surface area (Å²) in [5.41, 5.74) is 0.0984. The largest absolute Gasteiger partial charge is 0.299 e. The highest BCUT2D eigenvalue weighted by Gasteiger charge is 2.31. The highest BCUT2D eigenvalue weighted by molar-refractivity contribution is 5.83. The second-order valence-corrected chi connectivity index (χ2v) is 5.79. The molecule has 1 nitrogen and oxygen atoms in total. The lowest BCUT2D eigenvalue weighted by Gasteiger charge is -2.31. The first-order valence-electron chi connectivity index (χ1n) is 5.22. The molecule has 1 heteroatoms. The minimum absolute atomic E-state index is 0.145. The van der Waals surface area contributed by atoms with Crippen LogP contribution in [0.4, 0.5) is 0 Å². The van der Waals surface area contributed by atoms with Crippen molar-refractivity contribution < 1.29 is 4.79 Å². The van der Waals surface area contributed by atoms with E-state index in [1.807, 2.05) is 0 Å². The van der Waals surface area contributed by atoms with Crippen LogP contribution in [0.2, 0.25) is 0 Å². The first-order valence-corrected chi connectivity index (χ1v) is 5.22. The van der Waals surface area contributed by atoms with Crippen molar-refractivity contribution in [3.63, 3.8) is 0 Å². The molecule has 0 aromatic carbocycles. The first kappa shape index (κ1) is 12.7. The van der Waals surface area contributed by atoms with E-state index in [9.17, 15) is 4.79 Å². The summed E-state index contributed by atoms with van der Waals surface area (Å²) in [6.45, 7) is 12.8. The fourth-order valence-electron chi connectivity index (χ4n) is 1.99. The van der Waals surface area contributed by atoms with E-state index in [1.54, 1.807) is 0 Å². The van der Waals surface area contributed by atoms with Gasteiger partial charge < -0.3 is 0 Å². The molecule has 0 rings (SSSR count). The van der Waals surface area contributed by atoms with Gasteiger partial charge in [0.2, 0.25) is 0 Å². The van der Waals surface area contributed by atoms with Gasteiger partial charge in [-0.2, -0.15) is 0 Å². The maximum Gasteiger partial charge on any atom is 0.138 e. The lowest BCUT2D eigenvalue weighted by molar-refractivity contribution is -0.128. The highest BCUT2D eigenvalue weighted by atomic mass is 16.1. The molecule has 0 aliphatic carbocycles. The number of ketones is 1. The van der Waals surface area contributed by atoms with Crippen molar-refractivity contribution in [1.82, 2.24) is 0 Å². The van der Waals surface area contributed by atoms with Gasteiger partial charge in [0.25, 0.3) is 0 Å². The van der Waals surface area contributed by atoms with Gasteiger partial charge in [0.15, 0.2) is 0 Å². The Labute approximate surface area is 82.9 Å². The molecule has 0 spiro atoms. The summed E-state index contributed by atoms with van der Waals surface area (Å²) in [7, 11) is 0. The molecule has 0 fully saturated rings. The third kappa shape index (κ3) is 5.07. The SMILES string of the molecule is CCCC(=O)C(C)(C)CC(C)(C)C. The minimum atomic E-state index is -0.145. The minimum Gasteiger partial charge on any atom is -0.299 e. The Bertz CT molecular complexity index is 172. The fourth-order valence-corrected chi connectivity index (χ4v) is 1.99. The standard InChI is InChI=1S/C12H24O/c1-7-8-10(13)12(5,6)9-11(2,3)4/h7-9H2,1-6H3. The molecule has 0 aliphatic heterocycles. The maximum absolute atomic E-state index is 11.7. The predicted octanol–water partition coefficient (Wildman–Crippen LogP) is 3.82. The molecule has 0 saturated carbocycles. The molecule has 0 heterocycles. The van der Waals surface area contributed by atoms with Crippen LogP contribution in [0.1, 0.15) is 60.8 Å². The number of hydrogen-bond donors (Lipinski definition) is 0. The molecule has 0 aliphatic rings. The Morgan fingerprint density at radius 1 is 1.08 bits per heavy atom. The van der Waals surface area contributed by atoms with E-state index < -0.39 is 0 Å². The topological polar surface area (TPSA) is 17.1 Å². The summed E-state index contributed by atoms with van der Waals surface area (Å²) in [5, 5.41) is 0. The zero-order valence-corrected chi connectivity index (χ0v) is 10.0. The summed E-state index contributed by atoms with van der Waals surface area (Å²) in [5.74, 6) is 0.407. The van der Waals surface area contributed by atoms with E-state index >= 15 is 0 Å². The zero-order valence-electron chi connectivity index (χ0n) is 10.0. The van der Waals surface area contributed by atoms with Crippen LogP contribution in [0.3, 0.4) is 0 Å². The number of hydrogen-bond acceptors (Lipinski definition) is 1. The van der Waals surface area contributed by atoms with Gasteiger partial charge in [0, 0.05) is 11.8 Å². The van der Waals surface area contributed by atoms with Crippen molar-refractivity contribution in [2.75, 3.05) is 0 Å². The second kappa shape index (κ2) is 4.26. The summed E-state index contributed by atoms with van der Waals surface area (Å²) in [6.07, 6.45) is 2.66. The van der Waals surface area contributed by atoms with Crippen LogP contribution in [-0.2, 0) is 4.79 Å². The van der Waals surface area contributed by atoms with Crippen LogP contribution >= 0.6 is 0 Å². The average Bonchev–Trinajstić information content (AvgIpc) is 1.82. The van der Waals surface area contributed by atoms with Crippen LogP contribution < -0.4 is 0 Å². The third-order valence-corrected chi connectivity index (χ3v) is 2.20. The van der Waals surface area contributed by atoms with Crippen molar-refractivity contribution in [3.05, 3.63) is 0 Å². The zero-order chi connectivity index (χ0) is 10.7. The van der Waals surface area contributed by atoms with Gasteiger partial charge >= 0.3 is 0 Å². The van der Waals surface area contributed by atoms with E-state index in [0.29, 0.717) is 5.78 Å². The molecular weight excluding hydrogens is 160 g/mol. The molecule has 0 aromatic heterocycles. The number of carbonyl (C=O) groups is 1. The molecule has 0 atom stereocenters. The molecule has 0 N–H and O–H groups in total. The van der Waals surface area contributed by atoms with E-state index in [0.717, 1.165) is 19.3 Å². The van der Waals surface area contributed by atoms with Gasteiger partial charge in [-0.1, -0.05) is 41.5 Å². The van der Waals surface area contributed by atoms with Gasteiger partial charge in [0.05, 0.1) is 0 Å². The van der Waals surface area contributed by atoms with Crippen LogP contribution in [0.15, 0.2) is 0 Å². The van der Waals surface area contributed by atoms with E-state index in [-0.39, 0.29) is 10.8 Å². The normalized spacial score (nSPS) is 13.1. The van der Waals surface area contributed by atoms with Gasteiger partial charge in [-0.25, -0.2) is 0 Å². The Morgan fingerprint density at radius 3 is 1.85 bits per heavy atom. The molecule has 0 saturated heterocycles. The Morgan fingerprint density at radius 2 is 1.54 bits per heavy atom. The third-order valence-electron chi connectivity index (χ3n) is 2.20. The van der Waals surface area contributed by atoms with Gasteiger partial charge in [-0.15, -0.1) is 0 Å². The van der Waals surface area contributed by atoms with Crippen LogP contribution in [-0.4, -0.2) is 5.78 Å². The molecule has 78 valence electrons. The second-order valence-electron chi connectivity index (χ2n) is 5.79. The molecule has 13 heavy (non-hydrogen) atoms. The number of carbonyl (C=O) groups excluding carboxylic acids is 1. The van der Waals surface area contributed by atoms with Crippen molar-refractivity contribution >= 4 is 5.78 Å².